The van der Waals surface area contributed by atoms with Crippen LogP contribution in [0.2, 0.25) is 0 Å². The first-order valence-electron chi connectivity index (χ1n) is 4.41. The van der Waals surface area contributed by atoms with Crippen LogP contribution in [0.4, 0.5) is 0 Å². The van der Waals surface area contributed by atoms with Gasteiger partial charge in [-0.3, -0.25) is 4.79 Å². The van der Waals surface area contributed by atoms with E-state index >= 15 is 0 Å². The number of aliphatic hydroxyl groups excluding tert-OH is 6. The molecule has 0 saturated heterocycles. The third kappa shape index (κ3) is 8.53. The number of carbonyl (C=O) groups is 1. The van der Waals surface area contributed by atoms with Gasteiger partial charge in [-0.05, 0) is 0 Å². The lowest BCUT2D eigenvalue weighted by Gasteiger charge is -2.24. The average Bonchev–Trinajstić information content (AvgIpc) is 2.24. The van der Waals surface area contributed by atoms with Crippen molar-refractivity contribution in [1.29, 1.82) is 0 Å². The number of aliphatic hydroxyl groups is 6. The zero-order valence-electron chi connectivity index (χ0n) is 8.76. The molecule has 98 valence electrons. The molecule has 0 radical (unpaired) electrons. The molecule has 0 unspecified atom stereocenters. The van der Waals surface area contributed by atoms with Gasteiger partial charge in [-0.2, -0.15) is 0 Å². The van der Waals surface area contributed by atoms with Gasteiger partial charge in [0.1, 0.15) is 24.4 Å². The Morgan fingerprint density at radius 2 is 1.12 bits per heavy atom. The molecular formula is C8H18O8. The molecule has 0 amide bonds. The summed E-state index contributed by atoms with van der Waals surface area (Å²) in [6.45, 7) is -0.368. The van der Waals surface area contributed by atoms with E-state index in [1.165, 1.54) is 0 Å². The highest BCUT2D eigenvalue weighted by Crippen LogP contribution is 2.03. The lowest BCUT2D eigenvalue weighted by Crippen LogP contribution is -2.46. The van der Waals surface area contributed by atoms with Crippen LogP contribution in [0.3, 0.4) is 0 Å². The molecule has 0 aliphatic heterocycles. The summed E-state index contributed by atoms with van der Waals surface area (Å²) >= 11 is 0. The molecule has 0 aromatic rings. The topological polar surface area (TPSA) is 159 Å². The summed E-state index contributed by atoms with van der Waals surface area (Å²) in [7, 11) is 0. The maximum absolute atomic E-state index is 9.00. The Morgan fingerprint density at radius 3 is 1.25 bits per heavy atom. The molecule has 16 heavy (non-hydrogen) atoms. The molecule has 0 fully saturated rings. The summed E-state index contributed by atoms with van der Waals surface area (Å²) in [5, 5.41) is 59.6. The first kappa shape index (κ1) is 17.6. The maximum Gasteiger partial charge on any atom is 0.300 e. The van der Waals surface area contributed by atoms with E-state index < -0.39 is 43.6 Å². The van der Waals surface area contributed by atoms with Crippen molar-refractivity contribution >= 4 is 5.97 Å². The minimum atomic E-state index is -1.67. The van der Waals surface area contributed by atoms with Crippen LogP contribution in [0.1, 0.15) is 6.92 Å². The van der Waals surface area contributed by atoms with Gasteiger partial charge in [0.25, 0.3) is 5.97 Å². The molecule has 8 nitrogen and oxygen atoms in total. The van der Waals surface area contributed by atoms with E-state index in [-0.39, 0.29) is 0 Å². The number of hydrogen-bond acceptors (Lipinski definition) is 7. The second-order valence-electron chi connectivity index (χ2n) is 3.00. The summed E-state index contributed by atoms with van der Waals surface area (Å²) < 4.78 is 0. The summed E-state index contributed by atoms with van der Waals surface area (Å²) in [5.74, 6) is -0.833. The van der Waals surface area contributed by atoms with Gasteiger partial charge in [0.15, 0.2) is 0 Å². The normalized spacial score (nSPS) is 17.7. The van der Waals surface area contributed by atoms with Gasteiger partial charge in [-0.1, -0.05) is 0 Å². The molecule has 0 aliphatic rings. The average molecular weight is 242 g/mol. The summed E-state index contributed by atoms with van der Waals surface area (Å²) in [4.78, 5) is 9.00. The molecule has 4 atom stereocenters. The quantitative estimate of drug-likeness (QED) is 0.261. The predicted octanol–water partition coefficient (Wildman–Crippen LogP) is -3.49. The van der Waals surface area contributed by atoms with Gasteiger partial charge in [0, 0.05) is 6.92 Å². The Balaban J connectivity index is 0. The zero-order valence-corrected chi connectivity index (χ0v) is 8.76. The molecule has 0 aliphatic carbocycles. The van der Waals surface area contributed by atoms with Crippen LogP contribution in [0.5, 0.6) is 0 Å². The number of carboxylic acids is 1. The largest absolute Gasteiger partial charge is 0.481 e. The first-order valence-corrected chi connectivity index (χ1v) is 4.41. The molecule has 0 heterocycles. The molecule has 0 aromatic heterocycles. The molecule has 0 rings (SSSR count). The number of rotatable bonds is 5. The monoisotopic (exact) mass is 242 g/mol. The van der Waals surface area contributed by atoms with E-state index in [0.29, 0.717) is 0 Å². The van der Waals surface area contributed by atoms with E-state index in [9.17, 15) is 0 Å². The second-order valence-corrected chi connectivity index (χ2v) is 3.00. The van der Waals surface area contributed by atoms with Crippen LogP contribution in [-0.4, -0.2) is 79.3 Å². The minimum absolute atomic E-state index is 0.726. The Labute approximate surface area is 92.0 Å². The van der Waals surface area contributed by atoms with Gasteiger partial charge in [0.2, 0.25) is 0 Å². The van der Waals surface area contributed by atoms with Crippen molar-refractivity contribution in [2.75, 3.05) is 13.2 Å². The van der Waals surface area contributed by atoms with E-state index in [1.54, 1.807) is 0 Å². The van der Waals surface area contributed by atoms with Gasteiger partial charge in [-0.15, -0.1) is 0 Å². The number of carboxylic acid groups (broad SMARTS) is 1. The summed E-state index contributed by atoms with van der Waals surface area (Å²) in [5.41, 5.74) is 0. The standard InChI is InChI=1S/C6H14O6.C2H4O2/c7-1-3(9)5(11)6(12)4(10)2-8;1-2(3)4/h3-12H,1-2H2;1H3,(H,3,4)/t3-,4+,5-,6-;/m1./s1. The zero-order chi connectivity index (χ0) is 13.3. The minimum Gasteiger partial charge on any atom is -0.481 e. The van der Waals surface area contributed by atoms with Crippen molar-refractivity contribution in [2.24, 2.45) is 0 Å². The second kappa shape index (κ2) is 9.46. The van der Waals surface area contributed by atoms with Gasteiger partial charge < -0.3 is 35.7 Å². The molecular weight excluding hydrogens is 224 g/mol. The lowest BCUT2D eigenvalue weighted by atomic mass is 10.0. The smallest absolute Gasteiger partial charge is 0.300 e. The fraction of sp³-hybridized carbons (Fsp3) is 0.875. The highest BCUT2D eigenvalue weighted by Gasteiger charge is 2.29. The Bertz CT molecular complexity index is 167. The van der Waals surface area contributed by atoms with E-state index in [1.807, 2.05) is 0 Å². The van der Waals surface area contributed by atoms with E-state index in [4.69, 9.17) is 40.5 Å². The summed E-state index contributed by atoms with van der Waals surface area (Å²) in [6.07, 6.45) is -6.39. The van der Waals surface area contributed by atoms with Gasteiger partial charge >= 0.3 is 0 Å². The van der Waals surface area contributed by atoms with E-state index in [2.05, 4.69) is 0 Å². The fourth-order valence-corrected chi connectivity index (χ4v) is 0.671. The van der Waals surface area contributed by atoms with Crippen molar-refractivity contribution in [1.82, 2.24) is 0 Å². The SMILES string of the molecule is CC(=O)O.OC[C@@H](O)[C@@H](O)[C@H](O)[C@@H](O)CO. The third-order valence-corrected chi connectivity index (χ3v) is 1.51. The van der Waals surface area contributed by atoms with Crippen LogP contribution < -0.4 is 0 Å². The highest BCUT2D eigenvalue weighted by atomic mass is 16.4. The first-order chi connectivity index (χ1) is 7.27. The molecule has 7 N–H and O–H groups in total. The molecule has 8 heteroatoms. The Kier molecular flexibility index (Phi) is 10.4. The van der Waals surface area contributed by atoms with Crippen molar-refractivity contribution < 1.29 is 40.5 Å². The predicted molar refractivity (Wildman–Crippen MR) is 51.5 cm³/mol. The summed E-state index contributed by atoms with van der Waals surface area (Å²) in [6, 6.07) is 0. The third-order valence-electron chi connectivity index (χ3n) is 1.51. The fourth-order valence-electron chi connectivity index (χ4n) is 0.671. The van der Waals surface area contributed by atoms with Crippen LogP contribution >= 0.6 is 0 Å². The Hall–Kier alpha value is -0.770. The highest BCUT2D eigenvalue weighted by molar-refractivity contribution is 5.62. The number of aliphatic carboxylic acids is 1. The van der Waals surface area contributed by atoms with Gasteiger partial charge in [-0.25, -0.2) is 0 Å². The van der Waals surface area contributed by atoms with Crippen LogP contribution in [-0.2, 0) is 4.79 Å². The molecule has 0 spiro atoms. The molecule has 0 bridgehead atoms. The van der Waals surface area contributed by atoms with Crippen molar-refractivity contribution in [2.45, 2.75) is 31.3 Å². The van der Waals surface area contributed by atoms with Crippen molar-refractivity contribution in [3.05, 3.63) is 0 Å². The van der Waals surface area contributed by atoms with Gasteiger partial charge in [0.05, 0.1) is 13.2 Å². The molecule has 0 saturated carbocycles. The van der Waals surface area contributed by atoms with E-state index in [0.717, 1.165) is 6.92 Å². The van der Waals surface area contributed by atoms with Crippen LogP contribution in [0, 0.1) is 0 Å². The van der Waals surface area contributed by atoms with Crippen molar-refractivity contribution in [3.8, 4) is 0 Å². The van der Waals surface area contributed by atoms with Crippen LogP contribution in [0.15, 0.2) is 0 Å². The van der Waals surface area contributed by atoms with Crippen molar-refractivity contribution in [3.63, 3.8) is 0 Å². The number of hydrogen-bond donors (Lipinski definition) is 7. The van der Waals surface area contributed by atoms with Crippen LogP contribution in [0.25, 0.3) is 0 Å². The lowest BCUT2D eigenvalue weighted by molar-refractivity contribution is -0.134. The maximum atomic E-state index is 9.00. The molecule has 0 aromatic carbocycles. The Morgan fingerprint density at radius 1 is 0.938 bits per heavy atom.